The van der Waals surface area contributed by atoms with Crippen LogP contribution in [0.5, 0.6) is 0 Å². The van der Waals surface area contributed by atoms with E-state index in [1.54, 1.807) is 0 Å². The van der Waals surface area contributed by atoms with Crippen molar-refractivity contribution in [2.45, 2.75) is 6.18 Å². The second kappa shape index (κ2) is 6.39. The van der Waals surface area contributed by atoms with E-state index in [1.807, 2.05) is 0 Å². The first-order chi connectivity index (χ1) is 9.65. The molecule has 21 heavy (non-hydrogen) atoms. The summed E-state index contributed by atoms with van der Waals surface area (Å²) in [4.78, 5) is 21.3. The summed E-state index contributed by atoms with van der Waals surface area (Å²) in [6.07, 6.45) is -4.57. The maximum absolute atomic E-state index is 12.4. The molecule has 0 unspecified atom stereocenters. The van der Waals surface area contributed by atoms with Crippen molar-refractivity contribution < 1.29 is 33.1 Å². The number of hydrogen-bond donors (Lipinski definition) is 2. The Balaban J connectivity index is 3.24. The summed E-state index contributed by atoms with van der Waals surface area (Å²) in [5.74, 6) is -1.56. The van der Waals surface area contributed by atoms with E-state index >= 15 is 0 Å². The summed E-state index contributed by atoms with van der Waals surface area (Å²) in [6.45, 7) is -2.41. The van der Waals surface area contributed by atoms with Gasteiger partial charge in [0.05, 0.1) is 11.5 Å². The van der Waals surface area contributed by atoms with Gasteiger partial charge in [-0.05, 0) is 12.1 Å². The van der Waals surface area contributed by atoms with Crippen molar-refractivity contribution in [2.24, 2.45) is 0 Å². The normalized spacial score (nSPS) is 11.2. The first kappa shape index (κ1) is 16.7. The molecule has 1 aromatic rings. The number of aliphatic hydroxyl groups excluding tert-OH is 1. The lowest BCUT2D eigenvalue weighted by Crippen LogP contribution is -2.36. The fraction of sp³-hybridized carbons (Fsp3) is 0.364. The third-order valence-electron chi connectivity index (χ3n) is 2.51. The lowest BCUT2D eigenvalue weighted by molar-refractivity contribution is -0.385. The lowest BCUT2D eigenvalue weighted by atomic mass is 10.1. The number of aromatic carboxylic acids is 1. The van der Waals surface area contributed by atoms with Gasteiger partial charge < -0.3 is 15.1 Å². The summed E-state index contributed by atoms with van der Waals surface area (Å²) in [5.41, 5.74) is -1.64. The number of nitrogens with zero attached hydrogens (tertiary/aromatic N) is 2. The Bertz CT molecular complexity index is 547. The average molecular weight is 308 g/mol. The highest BCUT2D eigenvalue weighted by Crippen LogP contribution is 2.28. The van der Waals surface area contributed by atoms with Gasteiger partial charge in [-0.2, -0.15) is 13.2 Å². The SMILES string of the molecule is O=C(O)c1ccc(N(CCO)CC(F)(F)F)cc1[N+](=O)[O-]. The van der Waals surface area contributed by atoms with Crippen LogP contribution in [0, 0.1) is 10.1 Å². The van der Waals surface area contributed by atoms with E-state index in [-0.39, 0.29) is 5.69 Å². The van der Waals surface area contributed by atoms with Crippen molar-refractivity contribution in [2.75, 3.05) is 24.6 Å². The molecule has 0 amide bonds. The van der Waals surface area contributed by atoms with Gasteiger partial charge in [-0.25, -0.2) is 4.79 Å². The Morgan fingerprint density at radius 3 is 2.43 bits per heavy atom. The maximum Gasteiger partial charge on any atom is 0.405 e. The summed E-state index contributed by atoms with van der Waals surface area (Å²) >= 11 is 0. The highest BCUT2D eigenvalue weighted by Gasteiger charge is 2.31. The summed E-state index contributed by atoms with van der Waals surface area (Å²) in [6, 6.07) is 2.62. The first-order valence-corrected chi connectivity index (χ1v) is 5.60. The number of aliphatic hydroxyl groups is 1. The van der Waals surface area contributed by atoms with Crippen molar-refractivity contribution in [3.8, 4) is 0 Å². The molecule has 0 heterocycles. The van der Waals surface area contributed by atoms with Crippen LogP contribution in [-0.2, 0) is 0 Å². The van der Waals surface area contributed by atoms with Crippen molar-refractivity contribution in [3.63, 3.8) is 0 Å². The smallest absolute Gasteiger partial charge is 0.405 e. The van der Waals surface area contributed by atoms with Crippen molar-refractivity contribution >= 4 is 17.3 Å². The maximum atomic E-state index is 12.4. The number of benzene rings is 1. The molecule has 10 heteroatoms. The number of halogens is 3. The van der Waals surface area contributed by atoms with Crippen LogP contribution >= 0.6 is 0 Å². The molecule has 0 aliphatic carbocycles. The van der Waals surface area contributed by atoms with Crippen LogP contribution in [0.15, 0.2) is 18.2 Å². The molecule has 116 valence electrons. The Labute approximate surface area is 116 Å². The van der Waals surface area contributed by atoms with Crippen molar-refractivity contribution in [1.29, 1.82) is 0 Å². The zero-order chi connectivity index (χ0) is 16.2. The molecular weight excluding hydrogens is 297 g/mol. The van der Waals surface area contributed by atoms with E-state index in [1.165, 1.54) is 0 Å². The molecule has 1 rings (SSSR count). The number of carboxylic acids is 1. The number of alkyl halides is 3. The minimum Gasteiger partial charge on any atom is -0.477 e. The zero-order valence-electron chi connectivity index (χ0n) is 10.5. The molecule has 0 aromatic heterocycles. The second-order valence-electron chi connectivity index (χ2n) is 4.02. The molecule has 0 saturated heterocycles. The molecule has 0 aliphatic heterocycles. The molecule has 0 radical (unpaired) electrons. The number of nitro benzene ring substituents is 1. The average Bonchev–Trinajstić information content (AvgIpc) is 2.35. The number of hydrogen-bond acceptors (Lipinski definition) is 5. The molecule has 0 bridgehead atoms. The van der Waals surface area contributed by atoms with Gasteiger partial charge in [0.25, 0.3) is 5.69 Å². The van der Waals surface area contributed by atoms with Gasteiger partial charge in [0.1, 0.15) is 12.1 Å². The zero-order valence-corrected chi connectivity index (χ0v) is 10.5. The van der Waals surface area contributed by atoms with E-state index in [2.05, 4.69) is 0 Å². The van der Waals surface area contributed by atoms with Crippen LogP contribution in [0.2, 0.25) is 0 Å². The van der Waals surface area contributed by atoms with E-state index in [9.17, 15) is 28.1 Å². The molecule has 7 nitrogen and oxygen atoms in total. The molecular formula is C11H11F3N2O5. The second-order valence-corrected chi connectivity index (χ2v) is 4.02. The summed E-state index contributed by atoms with van der Waals surface area (Å²) in [7, 11) is 0. The topological polar surface area (TPSA) is 104 Å². The minimum absolute atomic E-state index is 0.196. The molecule has 1 aromatic carbocycles. The van der Waals surface area contributed by atoms with Crippen molar-refractivity contribution in [3.05, 3.63) is 33.9 Å². The van der Waals surface area contributed by atoms with Crippen LogP contribution in [-0.4, -0.2) is 47.0 Å². The van der Waals surface area contributed by atoms with E-state index in [4.69, 9.17) is 10.2 Å². The predicted molar refractivity (Wildman–Crippen MR) is 65.4 cm³/mol. The van der Waals surface area contributed by atoms with Gasteiger partial charge in [0.15, 0.2) is 0 Å². The number of carboxylic acid groups (broad SMARTS) is 1. The van der Waals surface area contributed by atoms with Gasteiger partial charge in [-0.1, -0.05) is 0 Å². The van der Waals surface area contributed by atoms with Crippen LogP contribution in [0.4, 0.5) is 24.5 Å². The largest absolute Gasteiger partial charge is 0.477 e. The Kier molecular flexibility index (Phi) is 5.08. The van der Waals surface area contributed by atoms with Gasteiger partial charge in [0.2, 0.25) is 0 Å². The fourth-order valence-electron chi connectivity index (χ4n) is 1.69. The van der Waals surface area contributed by atoms with Crippen LogP contribution in [0.3, 0.4) is 0 Å². The Morgan fingerprint density at radius 1 is 1.38 bits per heavy atom. The van der Waals surface area contributed by atoms with E-state index < -0.39 is 48.0 Å². The standard InChI is InChI=1S/C11H11F3N2O5/c12-11(13,14)6-15(3-4-17)7-1-2-8(10(18)19)9(5-7)16(20)21/h1-2,5,17H,3-4,6H2,(H,18,19). The lowest BCUT2D eigenvalue weighted by Gasteiger charge is -2.25. The molecule has 0 saturated carbocycles. The monoisotopic (exact) mass is 308 g/mol. The Morgan fingerprint density at radius 2 is 2.00 bits per heavy atom. The van der Waals surface area contributed by atoms with Gasteiger partial charge >= 0.3 is 12.1 Å². The van der Waals surface area contributed by atoms with Gasteiger partial charge in [0, 0.05) is 18.3 Å². The predicted octanol–water partition coefficient (Wildman–Crippen LogP) is 1.65. The Hall–Kier alpha value is -2.36. The number of rotatable bonds is 6. The molecule has 0 fully saturated rings. The molecule has 0 spiro atoms. The number of nitro groups is 1. The van der Waals surface area contributed by atoms with Crippen LogP contribution in [0.1, 0.15) is 10.4 Å². The van der Waals surface area contributed by atoms with Gasteiger partial charge in [-0.15, -0.1) is 0 Å². The third-order valence-corrected chi connectivity index (χ3v) is 2.51. The third kappa shape index (κ3) is 4.60. The quantitative estimate of drug-likeness (QED) is 0.612. The molecule has 0 aliphatic rings. The number of carbonyl (C=O) groups is 1. The van der Waals surface area contributed by atoms with Crippen molar-refractivity contribution in [1.82, 2.24) is 0 Å². The first-order valence-electron chi connectivity index (χ1n) is 5.60. The number of anilines is 1. The highest BCUT2D eigenvalue weighted by molar-refractivity contribution is 5.93. The fourth-order valence-corrected chi connectivity index (χ4v) is 1.69. The molecule has 0 atom stereocenters. The molecule has 2 N–H and O–H groups in total. The minimum atomic E-state index is -4.57. The highest BCUT2D eigenvalue weighted by atomic mass is 19.4. The van der Waals surface area contributed by atoms with E-state index in [0.29, 0.717) is 4.90 Å². The summed E-state index contributed by atoms with van der Waals surface area (Å²) in [5, 5.41) is 28.4. The van der Waals surface area contributed by atoms with E-state index in [0.717, 1.165) is 18.2 Å². The van der Waals surface area contributed by atoms with Crippen LogP contribution < -0.4 is 4.90 Å². The van der Waals surface area contributed by atoms with Crippen LogP contribution in [0.25, 0.3) is 0 Å². The summed E-state index contributed by atoms with van der Waals surface area (Å²) < 4.78 is 37.3. The van der Waals surface area contributed by atoms with Gasteiger partial charge in [-0.3, -0.25) is 10.1 Å².